The number of Topliss-reactive ketones (excluding diaryl/α,β-unsaturated/α-hetero) is 1. The van der Waals surface area contributed by atoms with E-state index in [0.717, 1.165) is 0 Å². The summed E-state index contributed by atoms with van der Waals surface area (Å²) in [4.78, 5) is 13.5. The number of aromatic hydroxyl groups is 1. The third kappa shape index (κ3) is 6.27. The Hall–Kier alpha value is -1.85. The standard InChI is InChI=1S/C27H37NO11S2/c1-11-5-14-15(9-30)17(37-2)7-18-20(14)22(33)19(11)16(31)6-13(8-29)41-40-10-12(3-4-28)21(32)26-24(35)23(34)25(36)27(38-18)39-26/h5,7,12-13,21,23-27,29-30,32-36H,3-4,6,8-10,28H2,1-2H3/t12-,13+,21-,23-,24-,25+,26+,27-/m0/s1. The molecular formula is C27H37NO11S2. The van der Waals surface area contributed by atoms with Gasteiger partial charge in [0.2, 0.25) is 6.29 Å². The maximum absolute atomic E-state index is 13.5. The molecule has 2 aromatic rings. The number of rotatable bonds is 5. The molecule has 228 valence electrons. The van der Waals surface area contributed by atoms with E-state index in [1.54, 1.807) is 13.0 Å². The molecule has 0 amide bonds. The summed E-state index contributed by atoms with van der Waals surface area (Å²) in [6.07, 6.45) is -9.27. The van der Waals surface area contributed by atoms with Crippen LogP contribution in [0.4, 0.5) is 0 Å². The summed E-state index contributed by atoms with van der Waals surface area (Å²) in [5.74, 6) is -0.996. The summed E-state index contributed by atoms with van der Waals surface area (Å²) < 4.78 is 17.3. The number of carbonyl (C=O) groups excluding carboxylic acids is 1. The first kappa shape index (κ1) is 32.1. The number of ether oxygens (including phenoxy) is 3. The molecule has 0 aliphatic carbocycles. The van der Waals surface area contributed by atoms with Crippen LogP contribution >= 0.6 is 21.6 Å². The predicted octanol–water partition coefficient (Wildman–Crippen LogP) is 0.196. The quantitative estimate of drug-likeness (QED) is 0.211. The number of fused-ring (bicyclic) bond motifs is 3. The van der Waals surface area contributed by atoms with E-state index in [0.29, 0.717) is 28.7 Å². The van der Waals surface area contributed by atoms with Crippen molar-refractivity contribution in [2.24, 2.45) is 11.7 Å². The van der Waals surface area contributed by atoms with Crippen molar-refractivity contribution in [1.82, 2.24) is 0 Å². The van der Waals surface area contributed by atoms with Gasteiger partial charge in [-0.1, -0.05) is 21.6 Å². The predicted molar refractivity (Wildman–Crippen MR) is 153 cm³/mol. The lowest BCUT2D eigenvalue weighted by Crippen LogP contribution is -2.63. The lowest BCUT2D eigenvalue weighted by atomic mass is 9.88. The Bertz CT molecular complexity index is 1250. The first-order chi connectivity index (χ1) is 19.6. The molecule has 0 aromatic heterocycles. The van der Waals surface area contributed by atoms with Gasteiger partial charge in [-0.15, -0.1) is 0 Å². The smallest absolute Gasteiger partial charge is 0.229 e. The number of nitrogens with two attached hydrogens (primary N) is 1. The molecule has 12 nitrogen and oxygen atoms in total. The summed E-state index contributed by atoms with van der Waals surface area (Å²) in [5, 5.41) is 74.9. The van der Waals surface area contributed by atoms with Gasteiger partial charge in [-0.05, 0) is 42.8 Å². The summed E-state index contributed by atoms with van der Waals surface area (Å²) in [6.45, 7) is 1.05. The van der Waals surface area contributed by atoms with E-state index in [4.69, 9.17) is 19.9 Å². The number of hydrogen-bond donors (Lipinski definition) is 8. The summed E-state index contributed by atoms with van der Waals surface area (Å²) in [5.41, 5.74) is 6.51. The fourth-order valence-corrected chi connectivity index (χ4v) is 8.18. The third-order valence-corrected chi connectivity index (χ3v) is 10.5. The minimum Gasteiger partial charge on any atom is -0.506 e. The topological polar surface area (TPSA) is 212 Å². The van der Waals surface area contributed by atoms with Gasteiger partial charge < -0.3 is 55.7 Å². The molecule has 2 aliphatic heterocycles. The van der Waals surface area contributed by atoms with Crippen LogP contribution in [-0.2, 0) is 11.3 Å². The normalized spacial score (nSPS) is 31.3. The highest BCUT2D eigenvalue weighted by Gasteiger charge is 2.49. The van der Waals surface area contributed by atoms with Crippen molar-refractivity contribution in [1.29, 1.82) is 0 Å². The Morgan fingerprint density at radius 3 is 2.46 bits per heavy atom. The lowest BCUT2D eigenvalue weighted by molar-refractivity contribution is -0.291. The molecule has 0 saturated carbocycles. The summed E-state index contributed by atoms with van der Waals surface area (Å²) in [7, 11) is 3.92. The van der Waals surface area contributed by atoms with Crippen molar-refractivity contribution in [2.45, 2.75) is 68.4 Å². The average Bonchev–Trinajstić information content (AvgIpc) is 2.94. The highest BCUT2D eigenvalue weighted by atomic mass is 33.1. The number of aliphatic hydroxyl groups excluding tert-OH is 6. The van der Waals surface area contributed by atoms with Crippen LogP contribution < -0.4 is 15.2 Å². The highest BCUT2D eigenvalue weighted by Crippen LogP contribution is 2.45. The van der Waals surface area contributed by atoms with Crippen LogP contribution in [0.25, 0.3) is 10.8 Å². The van der Waals surface area contributed by atoms with E-state index in [9.17, 15) is 40.5 Å². The van der Waals surface area contributed by atoms with Gasteiger partial charge in [0.1, 0.15) is 41.7 Å². The molecule has 41 heavy (non-hydrogen) atoms. The maximum Gasteiger partial charge on any atom is 0.229 e. The molecule has 1 fully saturated rings. The number of phenolic OH excluding ortho intramolecular Hbond substituents is 1. The lowest BCUT2D eigenvalue weighted by Gasteiger charge is -2.43. The van der Waals surface area contributed by atoms with Crippen molar-refractivity contribution in [3.8, 4) is 17.2 Å². The van der Waals surface area contributed by atoms with Gasteiger partial charge in [0.15, 0.2) is 5.78 Å². The van der Waals surface area contributed by atoms with E-state index in [1.165, 1.54) is 34.8 Å². The van der Waals surface area contributed by atoms with Crippen LogP contribution in [0.1, 0.15) is 34.3 Å². The Morgan fingerprint density at radius 2 is 1.83 bits per heavy atom. The largest absolute Gasteiger partial charge is 0.506 e. The number of carbonyl (C=O) groups is 1. The molecule has 0 radical (unpaired) electrons. The van der Waals surface area contributed by atoms with E-state index in [-0.39, 0.29) is 42.0 Å². The second-order valence-electron chi connectivity index (χ2n) is 10.3. The molecule has 0 unspecified atom stereocenters. The van der Waals surface area contributed by atoms with Crippen LogP contribution in [0.5, 0.6) is 17.2 Å². The van der Waals surface area contributed by atoms with Crippen molar-refractivity contribution in [3.05, 3.63) is 28.8 Å². The van der Waals surface area contributed by atoms with Crippen LogP contribution in [0, 0.1) is 12.8 Å². The van der Waals surface area contributed by atoms with E-state index in [2.05, 4.69) is 0 Å². The van der Waals surface area contributed by atoms with Gasteiger partial charge >= 0.3 is 0 Å². The third-order valence-electron chi connectivity index (χ3n) is 7.60. The highest BCUT2D eigenvalue weighted by molar-refractivity contribution is 8.76. The van der Waals surface area contributed by atoms with Gasteiger partial charge in [-0.25, -0.2) is 0 Å². The number of hydrogen-bond acceptors (Lipinski definition) is 14. The Labute approximate surface area is 244 Å². The van der Waals surface area contributed by atoms with Crippen LogP contribution in [-0.4, -0.2) is 110 Å². The van der Waals surface area contributed by atoms with Gasteiger partial charge in [-0.3, -0.25) is 4.79 Å². The molecule has 14 heteroatoms. The fourth-order valence-electron chi connectivity index (χ4n) is 5.36. The SMILES string of the molecule is COc1cc2c3c(O)c(c(C)cc3c1CO)C(=O)C[C@H](CO)SSC[C@H](CCN)[C@H](O)[C@H]1O[C@H](O2)[C@H](O)[C@@H](O)[C@@H]1O. The zero-order valence-corrected chi connectivity index (χ0v) is 24.3. The van der Waals surface area contributed by atoms with Crippen molar-refractivity contribution in [3.63, 3.8) is 0 Å². The molecule has 2 heterocycles. The molecule has 2 aliphatic rings. The number of aryl methyl sites for hydroxylation is 1. The first-order valence-corrected chi connectivity index (χ1v) is 15.6. The molecule has 9 N–H and O–H groups in total. The van der Waals surface area contributed by atoms with Crippen LogP contribution in [0.2, 0.25) is 0 Å². The molecule has 1 saturated heterocycles. The molecule has 0 spiro atoms. The second-order valence-corrected chi connectivity index (χ2v) is 13.0. The summed E-state index contributed by atoms with van der Waals surface area (Å²) >= 11 is 0. The number of ketones is 1. The van der Waals surface area contributed by atoms with Crippen molar-refractivity contribution >= 4 is 38.1 Å². The number of phenols is 1. The number of aliphatic hydroxyl groups is 6. The zero-order valence-electron chi connectivity index (χ0n) is 22.7. The van der Waals surface area contributed by atoms with Crippen LogP contribution in [0.3, 0.4) is 0 Å². The Balaban J connectivity index is 1.93. The van der Waals surface area contributed by atoms with Gasteiger partial charge in [0.25, 0.3) is 0 Å². The van der Waals surface area contributed by atoms with Gasteiger partial charge in [0.05, 0.1) is 37.4 Å². The molecule has 4 rings (SSSR count). The van der Waals surface area contributed by atoms with Crippen LogP contribution in [0.15, 0.2) is 12.1 Å². The minimum atomic E-state index is -1.76. The molecule has 8 atom stereocenters. The van der Waals surface area contributed by atoms with E-state index < -0.39 is 66.1 Å². The number of methoxy groups -OCH3 is 1. The van der Waals surface area contributed by atoms with Gasteiger partial charge in [-0.2, -0.15) is 0 Å². The van der Waals surface area contributed by atoms with Gasteiger partial charge in [0, 0.05) is 29.1 Å². The van der Waals surface area contributed by atoms with E-state index in [1.807, 2.05) is 0 Å². The molecule has 4 bridgehead atoms. The monoisotopic (exact) mass is 615 g/mol. The number of benzene rings is 2. The molecular weight excluding hydrogens is 578 g/mol. The fraction of sp³-hybridized carbons (Fsp3) is 0.593. The first-order valence-electron chi connectivity index (χ1n) is 13.2. The maximum atomic E-state index is 13.5. The summed E-state index contributed by atoms with van der Waals surface area (Å²) in [6, 6.07) is 2.95. The average molecular weight is 616 g/mol. The van der Waals surface area contributed by atoms with Crippen molar-refractivity contribution < 1.29 is 54.8 Å². The molecule has 2 aromatic carbocycles. The van der Waals surface area contributed by atoms with Crippen molar-refractivity contribution in [2.75, 3.05) is 26.0 Å². The zero-order chi connectivity index (χ0) is 30.0. The van der Waals surface area contributed by atoms with E-state index >= 15 is 0 Å². The second kappa shape index (κ2) is 13.6. The Kier molecular flexibility index (Phi) is 10.7. The minimum absolute atomic E-state index is 0.00225. The Morgan fingerprint density at radius 1 is 1.10 bits per heavy atom.